The fourth-order valence-electron chi connectivity index (χ4n) is 2.77. The lowest BCUT2D eigenvalue weighted by Gasteiger charge is -2.35. The molecule has 0 bridgehead atoms. The molecule has 1 heterocycles. The average molecular weight is 282 g/mol. The van der Waals surface area contributed by atoms with Crippen molar-refractivity contribution in [3.8, 4) is 0 Å². The summed E-state index contributed by atoms with van der Waals surface area (Å²) in [4.78, 5) is 2.59. The van der Waals surface area contributed by atoms with Crippen LogP contribution in [0, 0.1) is 11.8 Å². The summed E-state index contributed by atoms with van der Waals surface area (Å²) in [5.41, 5.74) is 1.42. The summed E-state index contributed by atoms with van der Waals surface area (Å²) in [5.74, 6) is 1.69. The Kier molecular flexibility index (Phi) is 4.04. The summed E-state index contributed by atoms with van der Waals surface area (Å²) in [6, 6.07) is 8.69. The summed E-state index contributed by atoms with van der Waals surface area (Å²) >= 11 is 3.48. The highest BCUT2D eigenvalue weighted by atomic mass is 79.9. The molecule has 1 fully saturated rings. The number of hydrogen-bond acceptors (Lipinski definition) is 1. The molecular weight excluding hydrogens is 262 g/mol. The van der Waals surface area contributed by atoms with Crippen molar-refractivity contribution in [3.05, 3.63) is 34.3 Å². The van der Waals surface area contributed by atoms with E-state index in [1.54, 1.807) is 0 Å². The second-order valence-corrected chi connectivity index (χ2v) is 6.18. The standard InChI is InChI=1S/C14H20BrN/c1-11-7-12(2)9-16(8-11)10-13-3-5-14(15)6-4-13/h3-6,11-12H,7-10H2,1-2H3. The van der Waals surface area contributed by atoms with Gasteiger partial charge in [0.1, 0.15) is 0 Å². The molecule has 1 aliphatic rings. The molecule has 0 aromatic heterocycles. The van der Waals surface area contributed by atoms with E-state index in [4.69, 9.17) is 0 Å². The lowest BCUT2D eigenvalue weighted by atomic mass is 9.91. The van der Waals surface area contributed by atoms with Crippen molar-refractivity contribution >= 4 is 15.9 Å². The zero-order chi connectivity index (χ0) is 11.5. The van der Waals surface area contributed by atoms with E-state index in [1.807, 2.05) is 0 Å². The summed E-state index contributed by atoms with van der Waals surface area (Å²) in [5, 5.41) is 0. The molecule has 2 heteroatoms. The Morgan fingerprint density at radius 3 is 2.25 bits per heavy atom. The lowest BCUT2D eigenvalue weighted by Crippen LogP contribution is -2.38. The lowest BCUT2D eigenvalue weighted by molar-refractivity contribution is 0.134. The van der Waals surface area contributed by atoms with Gasteiger partial charge in [0, 0.05) is 24.1 Å². The number of rotatable bonds is 2. The van der Waals surface area contributed by atoms with Gasteiger partial charge < -0.3 is 0 Å². The van der Waals surface area contributed by atoms with Crippen LogP contribution < -0.4 is 0 Å². The van der Waals surface area contributed by atoms with Crippen molar-refractivity contribution < 1.29 is 0 Å². The minimum atomic E-state index is 0.846. The fraction of sp³-hybridized carbons (Fsp3) is 0.571. The van der Waals surface area contributed by atoms with Crippen molar-refractivity contribution in [1.29, 1.82) is 0 Å². The maximum absolute atomic E-state index is 3.48. The van der Waals surface area contributed by atoms with Crippen LogP contribution in [0.3, 0.4) is 0 Å². The Balaban J connectivity index is 1.96. The molecular formula is C14H20BrN. The Labute approximate surface area is 107 Å². The Hall–Kier alpha value is -0.340. The fourth-order valence-corrected chi connectivity index (χ4v) is 3.03. The van der Waals surface area contributed by atoms with Crippen LogP contribution in [0.15, 0.2) is 28.7 Å². The molecule has 0 N–H and O–H groups in total. The molecule has 0 spiro atoms. The summed E-state index contributed by atoms with van der Waals surface area (Å²) in [7, 11) is 0. The molecule has 1 aliphatic heterocycles. The van der Waals surface area contributed by atoms with E-state index in [0.717, 1.165) is 22.9 Å². The van der Waals surface area contributed by atoms with Gasteiger partial charge in [-0.1, -0.05) is 41.9 Å². The second-order valence-electron chi connectivity index (χ2n) is 5.27. The minimum absolute atomic E-state index is 0.846. The number of nitrogens with zero attached hydrogens (tertiary/aromatic N) is 1. The highest BCUT2D eigenvalue weighted by Gasteiger charge is 2.21. The monoisotopic (exact) mass is 281 g/mol. The van der Waals surface area contributed by atoms with Gasteiger partial charge in [0.25, 0.3) is 0 Å². The van der Waals surface area contributed by atoms with E-state index < -0.39 is 0 Å². The predicted octanol–water partition coefficient (Wildman–Crippen LogP) is 3.93. The maximum Gasteiger partial charge on any atom is 0.0233 e. The zero-order valence-electron chi connectivity index (χ0n) is 10.1. The molecule has 0 saturated carbocycles. The third-order valence-corrected chi connectivity index (χ3v) is 3.79. The molecule has 2 atom stereocenters. The SMILES string of the molecule is CC1CC(C)CN(Cc2ccc(Br)cc2)C1. The van der Waals surface area contributed by atoms with Gasteiger partial charge in [-0.15, -0.1) is 0 Å². The first-order valence-electron chi connectivity index (χ1n) is 6.10. The first kappa shape index (κ1) is 12.1. The quantitative estimate of drug-likeness (QED) is 0.794. The van der Waals surface area contributed by atoms with Gasteiger partial charge >= 0.3 is 0 Å². The topological polar surface area (TPSA) is 3.24 Å². The van der Waals surface area contributed by atoms with Crippen LogP contribution >= 0.6 is 15.9 Å². The van der Waals surface area contributed by atoms with E-state index in [-0.39, 0.29) is 0 Å². The molecule has 0 amide bonds. The number of benzene rings is 1. The van der Waals surface area contributed by atoms with Crippen LogP contribution in [-0.2, 0) is 6.54 Å². The van der Waals surface area contributed by atoms with E-state index in [9.17, 15) is 0 Å². The maximum atomic E-state index is 3.48. The van der Waals surface area contributed by atoms with Crippen molar-refractivity contribution in [2.45, 2.75) is 26.8 Å². The average Bonchev–Trinajstić information content (AvgIpc) is 2.20. The number of hydrogen-bond donors (Lipinski definition) is 0. The Bertz CT molecular complexity index is 323. The normalized spacial score (nSPS) is 26.9. The van der Waals surface area contributed by atoms with E-state index in [0.29, 0.717) is 0 Å². The van der Waals surface area contributed by atoms with E-state index in [1.165, 1.54) is 25.1 Å². The van der Waals surface area contributed by atoms with Crippen LogP contribution in [-0.4, -0.2) is 18.0 Å². The van der Waals surface area contributed by atoms with Gasteiger partial charge in [0.05, 0.1) is 0 Å². The Morgan fingerprint density at radius 2 is 1.69 bits per heavy atom. The number of halogens is 1. The highest BCUT2D eigenvalue weighted by molar-refractivity contribution is 9.10. The third-order valence-electron chi connectivity index (χ3n) is 3.26. The zero-order valence-corrected chi connectivity index (χ0v) is 11.7. The van der Waals surface area contributed by atoms with Gasteiger partial charge in [-0.2, -0.15) is 0 Å². The van der Waals surface area contributed by atoms with Crippen LogP contribution in [0.25, 0.3) is 0 Å². The molecule has 1 saturated heterocycles. The minimum Gasteiger partial charge on any atom is -0.299 e. The van der Waals surface area contributed by atoms with Crippen LogP contribution in [0.1, 0.15) is 25.8 Å². The van der Waals surface area contributed by atoms with Gasteiger partial charge in [-0.25, -0.2) is 0 Å². The molecule has 0 radical (unpaired) electrons. The summed E-state index contributed by atoms with van der Waals surface area (Å²) in [6.45, 7) is 8.33. The van der Waals surface area contributed by atoms with Gasteiger partial charge in [-0.05, 0) is 36.0 Å². The van der Waals surface area contributed by atoms with Crippen molar-refractivity contribution in [1.82, 2.24) is 4.90 Å². The molecule has 2 unspecified atom stereocenters. The molecule has 1 aromatic carbocycles. The molecule has 16 heavy (non-hydrogen) atoms. The molecule has 1 aromatic rings. The van der Waals surface area contributed by atoms with Crippen molar-refractivity contribution in [2.75, 3.05) is 13.1 Å². The molecule has 0 aliphatic carbocycles. The first-order valence-corrected chi connectivity index (χ1v) is 6.89. The molecule has 2 rings (SSSR count). The number of piperidine rings is 1. The van der Waals surface area contributed by atoms with Crippen LogP contribution in [0.2, 0.25) is 0 Å². The van der Waals surface area contributed by atoms with Gasteiger partial charge in [0.2, 0.25) is 0 Å². The predicted molar refractivity (Wildman–Crippen MR) is 72.4 cm³/mol. The smallest absolute Gasteiger partial charge is 0.0233 e. The van der Waals surface area contributed by atoms with Gasteiger partial charge in [-0.3, -0.25) is 4.90 Å². The van der Waals surface area contributed by atoms with Crippen LogP contribution in [0.5, 0.6) is 0 Å². The van der Waals surface area contributed by atoms with Gasteiger partial charge in [0.15, 0.2) is 0 Å². The molecule has 1 nitrogen and oxygen atoms in total. The second kappa shape index (κ2) is 5.33. The summed E-state index contributed by atoms with van der Waals surface area (Å²) < 4.78 is 1.16. The van der Waals surface area contributed by atoms with E-state index in [2.05, 4.69) is 58.9 Å². The first-order chi connectivity index (χ1) is 7.63. The van der Waals surface area contributed by atoms with Crippen molar-refractivity contribution in [3.63, 3.8) is 0 Å². The highest BCUT2D eigenvalue weighted by Crippen LogP contribution is 2.22. The molecule has 88 valence electrons. The summed E-state index contributed by atoms with van der Waals surface area (Å²) in [6.07, 6.45) is 1.39. The Morgan fingerprint density at radius 1 is 1.12 bits per heavy atom. The van der Waals surface area contributed by atoms with Crippen molar-refractivity contribution in [2.24, 2.45) is 11.8 Å². The third kappa shape index (κ3) is 3.33. The van der Waals surface area contributed by atoms with Crippen LogP contribution in [0.4, 0.5) is 0 Å². The van der Waals surface area contributed by atoms with E-state index >= 15 is 0 Å². The number of likely N-dealkylation sites (tertiary alicyclic amines) is 1. The largest absolute Gasteiger partial charge is 0.299 e.